The Balaban J connectivity index is 2.11. The summed E-state index contributed by atoms with van der Waals surface area (Å²) in [7, 11) is 0. The number of hydrogen-bond acceptors (Lipinski definition) is 1. The molecule has 2 aromatic rings. The van der Waals surface area contributed by atoms with E-state index in [1.54, 1.807) is 0 Å². The number of hydrogen-bond donors (Lipinski definition) is 1. The lowest BCUT2D eigenvalue weighted by Gasteiger charge is -2.13. The van der Waals surface area contributed by atoms with E-state index in [1.807, 2.05) is 0 Å². The molecule has 5 heteroatoms. The quantitative estimate of drug-likeness (QED) is 0.908. The summed E-state index contributed by atoms with van der Waals surface area (Å²) in [6.45, 7) is 0. The Morgan fingerprint density at radius 1 is 1.00 bits per heavy atom. The molecule has 0 aliphatic heterocycles. The summed E-state index contributed by atoms with van der Waals surface area (Å²) in [5.74, 6) is -1.88. The van der Waals surface area contributed by atoms with Crippen molar-refractivity contribution in [2.24, 2.45) is 0 Å². The van der Waals surface area contributed by atoms with Crippen molar-refractivity contribution in [1.82, 2.24) is 0 Å². The van der Waals surface area contributed by atoms with Gasteiger partial charge >= 0.3 is 0 Å². The van der Waals surface area contributed by atoms with Crippen molar-refractivity contribution in [2.45, 2.75) is 18.9 Å². The Morgan fingerprint density at radius 3 is 2.25 bits per heavy atom. The normalized spacial score (nSPS) is 12.4. The Morgan fingerprint density at radius 2 is 1.65 bits per heavy atom. The van der Waals surface area contributed by atoms with Gasteiger partial charge in [0.05, 0.1) is 6.10 Å². The molecule has 1 N–H and O–H groups in total. The van der Waals surface area contributed by atoms with Crippen LogP contribution in [0.4, 0.5) is 13.2 Å². The largest absolute Gasteiger partial charge is 0.392 e. The molecule has 2 rings (SSSR count). The summed E-state index contributed by atoms with van der Waals surface area (Å²) < 4.78 is 39.8. The van der Waals surface area contributed by atoms with Crippen LogP contribution >= 0.6 is 11.6 Å². The smallest absolute Gasteiger partial charge is 0.129 e. The van der Waals surface area contributed by atoms with Crippen molar-refractivity contribution in [3.63, 3.8) is 0 Å². The van der Waals surface area contributed by atoms with Crippen LogP contribution in [-0.2, 0) is 12.8 Å². The first-order valence-corrected chi connectivity index (χ1v) is 6.40. The summed E-state index contributed by atoms with van der Waals surface area (Å²) in [5.41, 5.74) is 0.357. The summed E-state index contributed by atoms with van der Waals surface area (Å²) in [6.07, 6.45) is -1.09. The fraction of sp³-hybridized carbons (Fsp3) is 0.200. The van der Waals surface area contributed by atoms with E-state index in [0.717, 1.165) is 18.2 Å². The zero-order chi connectivity index (χ0) is 14.7. The van der Waals surface area contributed by atoms with Crippen LogP contribution in [0.15, 0.2) is 36.4 Å². The van der Waals surface area contributed by atoms with Gasteiger partial charge in [-0.2, -0.15) is 0 Å². The monoisotopic (exact) mass is 300 g/mol. The molecule has 0 saturated carbocycles. The van der Waals surface area contributed by atoms with E-state index in [-0.39, 0.29) is 23.4 Å². The minimum absolute atomic E-state index is 0.0902. The maximum absolute atomic E-state index is 13.5. The number of rotatable bonds is 4. The standard InChI is InChI=1S/C15H12ClF3O/c16-13-7-10(17)5-4-9(13)6-11(20)8-12-14(18)2-1-3-15(12)19/h1-5,7,11,20H,6,8H2. The van der Waals surface area contributed by atoms with Crippen LogP contribution in [0.3, 0.4) is 0 Å². The fourth-order valence-electron chi connectivity index (χ4n) is 1.98. The highest BCUT2D eigenvalue weighted by Gasteiger charge is 2.15. The van der Waals surface area contributed by atoms with Crippen molar-refractivity contribution in [2.75, 3.05) is 0 Å². The molecule has 20 heavy (non-hydrogen) atoms. The summed E-state index contributed by atoms with van der Waals surface area (Å²) in [5, 5.41) is 10.1. The van der Waals surface area contributed by atoms with E-state index >= 15 is 0 Å². The Kier molecular flexibility index (Phi) is 4.68. The van der Waals surface area contributed by atoms with Gasteiger partial charge in [0, 0.05) is 23.4 Å². The highest BCUT2D eigenvalue weighted by molar-refractivity contribution is 6.31. The van der Waals surface area contributed by atoms with Crippen molar-refractivity contribution in [3.05, 3.63) is 70.0 Å². The maximum atomic E-state index is 13.5. The van der Waals surface area contributed by atoms with Crippen LogP contribution in [0.5, 0.6) is 0 Å². The molecule has 0 aromatic heterocycles. The van der Waals surface area contributed by atoms with Gasteiger partial charge < -0.3 is 5.11 Å². The molecule has 0 bridgehead atoms. The van der Waals surface area contributed by atoms with Crippen LogP contribution in [0.1, 0.15) is 11.1 Å². The van der Waals surface area contributed by atoms with Gasteiger partial charge in [-0.1, -0.05) is 23.7 Å². The van der Waals surface area contributed by atoms with E-state index in [0.29, 0.717) is 5.56 Å². The van der Waals surface area contributed by atoms with Crippen molar-refractivity contribution < 1.29 is 18.3 Å². The van der Waals surface area contributed by atoms with Gasteiger partial charge in [-0.25, -0.2) is 13.2 Å². The first-order chi connectivity index (χ1) is 9.47. The van der Waals surface area contributed by atoms with Crippen LogP contribution < -0.4 is 0 Å². The lowest BCUT2D eigenvalue weighted by atomic mass is 10.0. The molecule has 0 amide bonds. The second-order valence-electron chi connectivity index (χ2n) is 4.50. The number of aliphatic hydroxyl groups is 1. The first kappa shape index (κ1) is 14.9. The third-order valence-corrected chi connectivity index (χ3v) is 3.32. The topological polar surface area (TPSA) is 20.2 Å². The predicted octanol–water partition coefficient (Wildman–Crippen LogP) is 3.90. The highest BCUT2D eigenvalue weighted by Crippen LogP contribution is 2.21. The molecule has 0 spiro atoms. The second-order valence-corrected chi connectivity index (χ2v) is 4.91. The molecule has 1 nitrogen and oxygen atoms in total. The van der Waals surface area contributed by atoms with Gasteiger partial charge in [-0.15, -0.1) is 0 Å². The molecule has 106 valence electrons. The van der Waals surface area contributed by atoms with Crippen molar-refractivity contribution in [3.8, 4) is 0 Å². The van der Waals surface area contributed by atoms with Crippen LogP contribution in [0.25, 0.3) is 0 Å². The average molecular weight is 301 g/mol. The molecular weight excluding hydrogens is 289 g/mol. The van der Waals surface area contributed by atoms with Crippen LogP contribution in [-0.4, -0.2) is 11.2 Å². The van der Waals surface area contributed by atoms with Gasteiger partial charge in [0.2, 0.25) is 0 Å². The Labute approximate surface area is 119 Å². The van der Waals surface area contributed by atoms with Crippen LogP contribution in [0.2, 0.25) is 5.02 Å². The lowest BCUT2D eigenvalue weighted by Crippen LogP contribution is -2.16. The number of aliphatic hydroxyl groups excluding tert-OH is 1. The van der Waals surface area contributed by atoms with Gasteiger partial charge in [-0.3, -0.25) is 0 Å². The summed E-state index contributed by atoms with van der Waals surface area (Å²) >= 11 is 5.84. The van der Waals surface area contributed by atoms with E-state index in [9.17, 15) is 18.3 Å². The molecule has 0 aliphatic rings. The highest BCUT2D eigenvalue weighted by atomic mass is 35.5. The third kappa shape index (κ3) is 3.52. The maximum Gasteiger partial charge on any atom is 0.129 e. The first-order valence-electron chi connectivity index (χ1n) is 6.02. The number of benzene rings is 2. The molecule has 0 aliphatic carbocycles. The molecule has 0 fully saturated rings. The van der Waals surface area contributed by atoms with Gasteiger partial charge in [-0.05, 0) is 29.8 Å². The minimum atomic E-state index is -1.01. The average Bonchev–Trinajstić information content (AvgIpc) is 2.37. The lowest BCUT2D eigenvalue weighted by molar-refractivity contribution is 0.172. The van der Waals surface area contributed by atoms with Crippen molar-refractivity contribution in [1.29, 1.82) is 0 Å². The van der Waals surface area contributed by atoms with E-state index < -0.39 is 23.6 Å². The minimum Gasteiger partial charge on any atom is -0.392 e. The molecular formula is C15H12ClF3O. The Hall–Kier alpha value is -1.52. The molecule has 1 unspecified atom stereocenters. The summed E-state index contributed by atoms with van der Waals surface area (Å²) in [4.78, 5) is 0. The van der Waals surface area contributed by atoms with Gasteiger partial charge in [0.25, 0.3) is 0 Å². The van der Waals surface area contributed by atoms with E-state index in [1.165, 1.54) is 18.2 Å². The molecule has 1 atom stereocenters. The van der Waals surface area contributed by atoms with E-state index in [2.05, 4.69) is 0 Å². The zero-order valence-electron chi connectivity index (χ0n) is 10.4. The second kappa shape index (κ2) is 6.29. The zero-order valence-corrected chi connectivity index (χ0v) is 11.2. The van der Waals surface area contributed by atoms with Gasteiger partial charge in [0.1, 0.15) is 17.5 Å². The SMILES string of the molecule is OC(Cc1ccc(F)cc1Cl)Cc1c(F)cccc1F. The molecule has 0 radical (unpaired) electrons. The van der Waals surface area contributed by atoms with E-state index in [4.69, 9.17) is 11.6 Å². The van der Waals surface area contributed by atoms with Gasteiger partial charge in [0.15, 0.2) is 0 Å². The third-order valence-electron chi connectivity index (χ3n) is 2.97. The van der Waals surface area contributed by atoms with Crippen LogP contribution in [0, 0.1) is 17.5 Å². The fourth-order valence-corrected chi connectivity index (χ4v) is 2.22. The summed E-state index contributed by atoms with van der Waals surface area (Å²) in [6, 6.07) is 7.33. The van der Waals surface area contributed by atoms with Crippen molar-refractivity contribution >= 4 is 11.6 Å². The predicted molar refractivity (Wildman–Crippen MR) is 71.2 cm³/mol. The Bertz CT molecular complexity index is 596. The number of halogens is 4. The molecule has 2 aromatic carbocycles. The molecule has 0 heterocycles. The molecule has 0 saturated heterocycles.